The predicted molar refractivity (Wildman–Crippen MR) is 68.0 cm³/mol. The van der Waals surface area contributed by atoms with E-state index in [0.717, 1.165) is 11.8 Å². The fourth-order valence-corrected chi connectivity index (χ4v) is 1.54. The van der Waals surface area contributed by atoms with Crippen LogP contribution in [0.2, 0.25) is 5.02 Å². The molecule has 1 aromatic rings. The molecule has 1 N–H and O–H groups in total. The summed E-state index contributed by atoms with van der Waals surface area (Å²) in [5.41, 5.74) is 0.815. The van der Waals surface area contributed by atoms with Crippen LogP contribution in [0.4, 0.5) is 5.69 Å². The van der Waals surface area contributed by atoms with Gasteiger partial charge in [0, 0.05) is 24.7 Å². The summed E-state index contributed by atoms with van der Waals surface area (Å²) in [5, 5.41) is 9.10. The first kappa shape index (κ1) is 13.4. The molecule has 0 spiro atoms. The third kappa shape index (κ3) is 4.00. The van der Waals surface area contributed by atoms with E-state index in [1.165, 1.54) is 0 Å². The molecule has 4 nitrogen and oxygen atoms in total. The molecule has 92 valence electrons. The van der Waals surface area contributed by atoms with E-state index in [0.29, 0.717) is 17.3 Å². The van der Waals surface area contributed by atoms with Crippen molar-refractivity contribution in [1.29, 1.82) is 0 Å². The summed E-state index contributed by atoms with van der Waals surface area (Å²) in [5.74, 6) is -0.267. The number of carboxylic acids is 1. The number of halogens is 1. The van der Waals surface area contributed by atoms with Crippen LogP contribution >= 0.6 is 11.6 Å². The van der Waals surface area contributed by atoms with Crippen molar-refractivity contribution in [2.45, 2.75) is 0 Å². The molecule has 0 heterocycles. The standard InChI is InChI=1S/C12H14ClNO3/c1-14(7-3-4-12(15)16)10-8-9(13)5-6-11(10)17-2/h3-6,8H,7H2,1-2H3,(H,15,16)/b4-3+. The Morgan fingerprint density at radius 2 is 2.29 bits per heavy atom. The van der Waals surface area contributed by atoms with Crippen molar-refractivity contribution in [2.75, 3.05) is 25.6 Å². The molecule has 1 rings (SSSR count). The van der Waals surface area contributed by atoms with E-state index in [2.05, 4.69) is 0 Å². The van der Waals surface area contributed by atoms with Gasteiger partial charge in [-0.15, -0.1) is 0 Å². The van der Waals surface area contributed by atoms with Crippen LogP contribution in [0.15, 0.2) is 30.4 Å². The molecule has 5 heteroatoms. The van der Waals surface area contributed by atoms with Gasteiger partial charge in [-0.25, -0.2) is 4.79 Å². The number of nitrogens with zero attached hydrogens (tertiary/aromatic N) is 1. The summed E-state index contributed by atoms with van der Waals surface area (Å²) in [4.78, 5) is 12.2. The highest BCUT2D eigenvalue weighted by Crippen LogP contribution is 2.30. The van der Waals surface area contributed by atoms with Gasteiger partial charge in [0.2, 0.25) is 0 Å². The molecular weight excluding hydrogens is 242 g/mol. The Balaban J connectivity index is 2.83. The molecule has 0 fully saturated rings. The quantitative estimate of drug-likeness (QED) is 0.821. The molecule has 1 aromatic carbocycles. The van der Waals surface area contributed by atoms with Gasteiger partial charge in [0.1, 0.15) is 5.75 Å². The van der Waals surface area contributed by atoms with Gasteiger partial charge < -0.3 is 14.7 Å². The molecule has 17 heavy (non-hydrogen) atoms. The smallest absolute Gasteiger partial charge is 0.328 e. The summed E-state index contributed by atoms with van der Waals surface area (Å²) in [6, 6.07) is 5.29. The van der Waals surface area contributed by atoms with Crippen LogP contribution < -0.4 is 9.64 Å². The lowest BCUT2D eigenvalue weighted by Gasteiger charge is -2.20. The van der Waals surface area contributed by atoms with Crippen LogP contribution in [0.5, 0.6) is 5.75 Å². The second-order valence-electron chi connectivity index (χ2n) is 3.44. The fraction of sp³-hybridized carbons (Fsp3) is 0.250. The summed E-state index contributed by atoms with van der Waals surface area (Å²) in [7, 11) is 3.41. The van der Waals surface area contributed by atoms with Crippen molar-refractivity contribution >= 4 is 23.3 Å². The number of aliphatic carboxylic acids is 1. The van der Waals surface area contributed by atoms with Crippen molar-refractivity contribution in [3.63, 3.8) is 0 Å². The molecule has 0 bridgehead atoms. The van der Waals surface area contributed by atoms with E-state index >= 15 is 0 Å². The molecular formula is C12H14ClNO3. The molecule has 0 unspecified atom stereocenters. The summed E-state index contributed by atoms with van der Waals surface area (Å²) >= 11 is 5.91. The number of anilines is 1. The van der Waals surface area contributed by atoms with Crippen LogP contribution in [0, 0.1) is 0 Å². The van der Waals surface area contributed by atoms with Crippen molar-refractivity contribution in [1.82, 2.24) is 0 Å². The lowest BCUT2D eigenvalue weighted by molar-refractivity contribution is -0.131. The van der Waals surface area contributed by atoms with Gasteiger partial charge in [-0.2, -0.15) is 0 Å². The average molecular weight is 256 g/mol. The minimum absolute atomic E-state index is 0.461. The number of rotatable bonds is 5. The number of carbonyl (C=O) groups is 1. The second kappa shape index (κ2) is 6.15. The molecule has 0 aliphatic rings. The Hall–Kier alpha value is -1.68. The highest BCUT2D eigenvalue weighted by Gasteiger charge is 2.07. The first-order valence-corrected chi connectivity index (χ1v) is 5.36. The van der Waals surface area contributed by atoms with E-state index in [1.54, 1.807) is 31.4 Å². The number of benzene rings is 1. The van der Waals surface area contributed by atoms with E-state index in [4.69, 9.17) is 21.4 Å². The minimum Gasteiger partial charge on any atom is -0.495 e. The highest BCUT2D eigenvalue weighted by molar-refractivity contribution is 6.30. The van der Waals surface area contributed by atoms with E-state index in [1.807, 2.05) is 11.9 Å². The summed E-state index contributed by atoms with van der Waals surface area (Å²) < 4.78 is 5.21. The van der Waals surface area contributed by atoms with Crippen molar-refractivity contribution in [3.8, 4) is 5.75 Å². The van der Waals surface area contributed by atoms with Crippen LogP contribution in [-0.2, 0) is 4.79 Å². The Bertz CT molecular complexity index is 432. The molecule has 0 aliphatic heterocycles. The minimum atomic E-state index is -0.962. The fourth-order valence-electron chi connectivity index (χ4n) is 1.37. The molecule has 0 atom stereocenters. The van der Waals surface area contributed by atoms with E-state index in [9.17, 15) is 4.79 Å². The molecule has 0 aromatic heterocycles. The summed E-state index contributed by atoms with van der Waals surface area (Å²) in [6.45, 7) is 0.461. The Morgan fingerprint density at radius 3 is 2.88 bits per heavy atom. The van der Waals surface area contributed by atoms with Gasteiger partial charge in [0.15, 0.2) is 0 Å². The van der Waals surface area contributed by atoms with Gasteiger partial charge in [-0.05, 0) is 18.2 Å². The Labute approximate surface area is 105 Å². The Morgan fingerprint density at radius 1 is 1.59 bits per heavy atom. The van der Waals surface area contributed by atoms with Gasteiger partial charge in [-0.3, -0.25) is 0 Å². The Kier molecular flexibility index (Phi) is 4.84. The lowest BCUT2D eigenvalue weighted by Crippen LogP contribution is -2.17. The topological polar surface area (TPSA) is 49.8 Å². The van der Waals surface area contributed by atoms with Crippen molar-refractivity contribution < 1.29 is 14.6 Å². The zero-order valence-corrected chi connectivity index (χ0v) is 10.4. The molecule has 0 radical (unpaired) electrons. The number of likely N-dealkylation sites (N-methyl/N-ethyl adjacent to an activating group) is 1. The highest BCUT2D eigenvalue weighted by atomic mass is 35.5. The van der Waals surface area contributed by atoms with Gasteiger partial charge >= 0.3 is 5.97 Å². The maximum Gasteiger partial charge on any atom is 0.328 e. The zero-order valence-electron chi connectivity index (χ0n) is 9.68. The SMILES string of the molecule is COc1ccc(Cl)cc1N(C)C/C=C/C(=O)O. The first-order chi connectivity index (χ1) is 8.04. The lowest BCUT2D eigenvalue weighted by atomic mass is 10.2. The van der Waals surface area contributed by atoms with E-state index in [-0.39, 0.29) is 0 Å². The maximum atomic E-state index is 10.3. The van der Waals surface area contributed by atoms with Crippen LogP contribution in [0.3, 0.4) is 0 Å². The molecule has 0 saturated heterocycles. The molecule has 0 amide bonds. The van der Waals surface area contributed by atoms with Crippen molar-refractivity contribution in [2.24, 2.45) is 0 Å². The number of hydrogen-bond acceptors (Lipinski definition) is 3. The number of ether oxygens (including phenoxy) is 1. The number of hydrogen-bond donors (Lipinski definition) is 1. The van der Waals surface area contributed by atoms with Crippen LogP contribution in [-0.4, -0.2) is 31.8 Å². The largest absolute Gasteiger partial charge is 0.495 e. The third-order valence-corrected chi connectivity index (χ3v) is 2.43. The van der Waals surface area contributed by atoms with Gasteiger partial charge in [0.05, 0.1) is 12.8 Å². The molecule has 0 aliphatic carbocycles. The first-order valence-electron chi connectivity index (χ1n) is 4.98. The van der Waals surface area contributed by atoms with Crippen LogP contribution in [0.25, 0.3) is 0 Å². The number of methoxy groups -OCH3 is 1. The van der Waals surface area contributed by atoms with Gasteiger partial charge in [-0.1, -0.05) is 17.7 Å². The monoisotopic (exact) mass is 255 g/mol. The predicted octanol–water partition coefficient (Wildman–Crippen LogP) is 2.43. The zero-order chi connectivity index (χ0) is 12.8. The number of carboxylic acid groups (broad SMARTS) is 1. The van der Waals surface area contributed by atoms with Crippen molar-refractivity contribution in [3.05, 3.63) is 35.4 Å². The van der Waals surface area contributed by atoms with E-state index < -0.39 is 5.97 Å². The normalized spacial score (nSPS) is 10.5. The van der Waals surface area contributed by atoms with Gasteiger partial charge in [0.25, 0.3) is 0 Å². The average Bonchev–Trinajstić information content (AvgIpc) is 2.28. The summed E-state index contributed by atoms with van der Waals surface area (Å²) in [6.07, 6.45) is 2.66. The molecule has 0 saturated carbocycles. The second-order valence-corrected chi connectivity index (χ2v) is 3.87. The maximum absolute atomic E-state index is 10.3. The third-order valence-electron chi connectivity index (χ3n) is 2.19. The van der Waals surface area contributed by atoms with Crippen LogP contribution in [0.1, 0.15) is 0 Å².